The standard InChI is InChI=1S/C19H27F3N2O4S/c1-17(2,3)29(27)24-18(4,19(20,21)22)12-15(25)23-14(16(26)28-5)11-13-9-7-6-8-10-13/h6-10,14,24H,11-12H2,1-5H3,(H,23,25)/t14-,18+,29-/m0/s1. The Hall–Kier alpha value is -1.94. The maximum absolute atomic E-state index is 13.7. The average Bonchev–Trinajstić information content (AvgIpc) is 2.59. The smallest absolute Gasteiger partial charge is 0.407 e. The highest BCUT2D eigenvalue weighted by Gasteiger charge is 2.54. The molecule has 1 aromatic rings. The van der Waals surface area contributed by atoms with E-state index in [1.54, 1.807) is 30.3 Å². The van der Waals surface area contributed by atoms with Crippen molar-refractivity contribution in [3.63, 3.8) is 0 Å². The van der Waals surface area contributed by atoms with Gasteiger partial charge in [-0.2, -0.15) is 13.2 Å². The lowest BCUT2D eigenvalue weighted by atomic mass is 9.97. The molecule has 0 aliphatic rings. The van der Waals surface area contributed by atoms with Crippen LogP contribution in [0.1, 0.15) is 39.7 Å². The van der Waals surface area contributed by atoms with Gasteiger partial charge in [0.25, 0.3) is 0 Å². The molecule has 0 spiro atoms. The predicted octanol–water partition coefficient (Wildman–Crippen LogP) is 2.65. The van der Waals surface area contributed by atoms with E-state index >= 15 is 0 Å². The molecule has 6 nitrogen and oxygen atoms in total. The maximum atomic E-state index is 13.7. The van der Waals surface area contributed by atoms with Gasteiger partial charge in [-0.3, -0.25) is 4.79 Å². The van der Waals surface area contributed by atoms with Gasteiger partial charge < -0.3 is 10.1 Å². The van der Waals surface area contributed by atoms with E-state index in [-0.39, 0.29) is 6.42 Å². The van der Waals surface area contributed by atoms with E-state index in [4.69, 9.17) is 0 Å². The van der Waals surface area contributed by atoms with Crippen LogP contribution >= 0.6 is 0 Å². The molecule has 0 saturated heterocycles. The molecule has 3 atom stereocenters. The normalized spacial score (nSPS) is 16.4. The lowest BCUT2D eigenvalue weighted by Crippen LogP contribution is -2.60. The van der Waals surface area contributed by atoms with Gasteiger partial charge in [-0.1, -0.05) is 30.3 Å². The Morgan fingerprint density at radius 3 is 2.10 bits per heavy atom. The monoisotopic (exact) mass is 436 g/mol. The van der Waals surface area contributed by atoms with E-state index in [0.29, 0.717) is 5.56 Å². The first-order chi connectivity index (χ1) is 13.2. The minimum Gasteiger partial charge on any atom is -0.467 e. The summed E-state index contributed by atoms with van der Waals surface area (Å²) in [5, 5.41) is 2.30. The van der Waals surface area contributed by atoms with Gasteiger partial charge in [-0.25, -0.2) is 13.7 Å². The minimum absolute atomic E-state index is 0.0589. The summed E-state index contributed by atoms with van der Waals surface area (Å²) in [6.45, 7) is 5.31. The Balaban J connectivity index is 2.99. The van der Waals surface area contributed by atoms with Gasteiger partial charge in [-0.05, 0) is 33.3 Å². The van der Waals surface area contributed by atoms with Crippen molar-refractivity contribution in [2.75, 3.05) is 7.11 Å². The van der Waals surface area contributed by atoms with Crippen LogP contribution in [0.2, 0.25) is 0 Å². The fourth-order valence-corrected chi connectivity index (χ4v) is 3.21. The SMILES string of the molecule is COC(=O)[C@H](Cc1ccccc1)NC(=O)C[C@@](C)(N[S@@](=O)C(C)(C)C)C(F)(F)F. The summed E-state index contributed by atoms with van der Waals surface area (Å²) in [5.74, 6) is -1.79. The third kappa shape index (κ3) is 7.43. The van der Waals surface area contributed by atoms with Gasteiger partial charge in [0.15, 0.2) is 0 Å². The van der Waals surface area contributed by atoms with Crippen molar-refractivity contribution in [1.29, 1.82) is 0 Å². The summed E-state index contributed by atoms with van der Waals surface area (Å²) in [6, 6.07) is 7.52. The Labute approximate surface area is 171 Å². The lowest BCUT2D eigenvalue weighted by Gasteiger charge is -2.34. The third-order valence-electron chi connectivity index (χ3n) is 4.12. The zero-order valence-corrected chi connectivity index (χ0v) is 17.9. The van der Waals surface area contributed by atoms with Gasteiger partial charge in [0, 0.05) is 6.42 Å². The number of carbonyl (C=O) groups is 2. The number of rotatable bonds is 8. The number of amides is 1. The summed E-state index contributed by atoms with van der Waals surface area (Å²) >= 11 is 0. The molecule has 2 N–H and O–H groups in total. The number of ether oxygens (including phenoxy) is 1. The third-order valence-corrected chi connectivity index (χ3v) is 5.87. The Morgan fingerprint density at radius 1 is 1.10 bits per heavy atom. The van der Waals surface area contributed by atoms with Crippen LogP contribution < -0.4 is 10.0 Å². The van der Waals surface area contributed by atoms with Crippen molar-refractivity contribution in [3.05, 3.63) is 35.9 Å². The number of esters is 1. The molecular weight excluding hydrogens is 409 g/mol. The number of alkyl halides is 3. The van der Waals surface area contributed by atoms with E-state index in [1.165, 1.54) is 20.8 Å². The van der Waals surface area contributed by atoms with E-state index in [2.05, 4.69) is 10.1 Å². The molecule has 164 valence electrons. The van der Waals surface area contributed by atoms with E-state index in [9.17, 15) is 27.0 Å². The molecule has 0 radical (unpaired) electrons. The van der Waals surface area contributed by atoms with Gasteiger partial charge in [0.1, 0.15) is 11.6 Å². The largest absolute Gasteiger partial charge is 0.467 e. The topological polar surface area (TPSA) is 84.5 Å². The first-order valence-electron chi connectivity index (χ1n) is 8.87. The van der Waals surface area contributed by atoms with Crippen LogP contribution in [0.3, 0.4) is 0 Å². The molecule has 0 saturated carbocycles. The van der Waals surface area contributed by atoms with Crippen LogP contribution in [-0.4, -0.2) is 45.7 Å². The van der Waals surface area contributed by atoms with Crippen molar-refractivity contribution in [2.45, 2.75) is 63.0 Å². The van der Waals surface area contributed by atoms with Crippen LogP contribution in [0, 0.1) is 0 Å². The zero-order valence-electron chi connectivity index (χ0n) is 17.1. The molecule has 0 bridgehead atoms. The summed E-state index contributed by atoms with van der Waals surface area (Å²) < 4.78 is 58.9. The Bertz CT molecular complexity index is 735. The quantitative estimate of drug-likeness (QED) is 0.614. The van der Waals surface area contributed by atoms with Crippen LogP contribution in [0.15, 0.2) is 30.3 Å². The number of methoxy groups -OCH3 is 1. The first kappa shape index (κ1) is 25.1. The van der Waals surface area contributed by atoms with Crippen molar-refractivity contribution < 1.29 is 31.7 Å². The molecule has 1 amide bonds. The highest BCUT2D eigenvalue weighted by molar-refractivity contribution is 7.84. The summed E-state index contributed by atoms with van der Waals surface area (Å²) in [7, 11) is -0.941. The molecule has 0 fully saturated rings. The van der Waals surface area contributed by atoms with Crippen LogP contribution in [0.4, 0.5) is 13.2 Å². The van der Waals surface area contributed by atoms with Gasteiger partial charge >= 0.3 is 12.1 Å². The molecule has 1 rings (SSSR count). The number of carbonyl (C=O) groups excluding carboxylic acids is 2. The fourth-order valence-electron chi connectivity index (χ4n) is 2.30. The zero-order chi connectivity index (χ0) is 22.5. The van der Waals surface area contributed by atoms with Gasteiger partial charge in [0.05, 0.1) is 29.3 Å². The molecular formula is C19H27F3N2O4S. The number of benzene rings is 1. The Kier molecular flexibility index (Phi) is 8.40. The Morgan fingerprint density at radius 2 is 1.66 bits per heavy atom. The minimum atomic E-state index is -4.86. The molecule has 29 heavy (non-hydrogen) atoms. The second kappa shape index (κ2) is 9.71. The van der Waals surface area contributed by atoms with Crippen LogP contribution in [-0.2, 0) is 31.7 Å². The van der Waals surface area contributed by atoms with Gasteiger partial charge in [-0.15, -0.1) is 0 Å². The highest BCUT2D eigenvalue weighted by Crippen LogP contribution is 2.34. The molecule has 10 heteroatoms. The highest BCUT2D eigenvalue weighted by atomic mass is 32.2. The molecule has 0 unspecified atom stereocenters. The fraction of sp³-hybridized carbons (Fsp3) is 0.579. The van der Waals surface area contributed by atoms with Crippen LogP contribution in [0.5, 0.6) is 0 Å². The van der Waals surface area contributed by atoms with Crippen LogP contribution in [0.25, 0.3) is 0 Å². The van der Waals surface area contributed by atoms with E-state index in [1.807, 2.05) is 4.72 Å². The van der Waals surface area contributed by atoms with Gasteiger partial charge in [0.2, 0.25) is 5.91 Å². The van der Waals surface area contributed by atoms with Crippen molar-refractivity contribution in [3.8, 4) is 0 Å². The number of hydrogen-bond acceptors (Lipinski definition) is 4. The second-order valence-electron chi connectivity index (χ2n) is 7.82. The molecule has 0 aromatic heterocycles. The summed E-state index contributed by atoms with van der Waals surface area (Å²) in [6.07, 6.45) is -5.85. The first-order valence-corrected chi connectivity index (χ1v) is 10.0. The van der Waals surface area contributed by atoms with Crippen molar-refractivity contribution in [1.82, 2.24) is 10.0 Å². The van der Waals surface area contributed by atoms with Crippen molar-refractivity contribution in [2.24, 2.45) is 0 Å². The van der Waals surface area contributed by atoms with E-state index < -0.39 is 51.8 Å². The van der Waals surface area contributed by atoms with Crippen molar-refractivity contribution >= 4 is 22.9 Å². The summed E-state index contributed by atoms with van der Waals surface area (Å²) in [4.78, 5) is 24.4. The number of nitrogens with one attached hydrogen (secondary N) is 2. The summed E-state index contributed by atoms with van der Waals surface area (Å²) in [5.41, 5.74) is -2.04. The second-order valence-corrected chi connectivity index (χ2v) is 9.79. The number of hydrogen-bond donors (Lipinski definition) is 2. The lowest BCUT2D eigenvalue weighted by molar-refractivity contribution is -0.189. The molecule has 1 aromatic carbocycles. The average molecular weight is 436 g/mol. The molecule has 0 aliphatic heterocycles. The maximum Gasteiger partial charge on any atom is 0.407 e. The molecule has 0 heterocycles. The molecule has 0 aliphatic carbocycles. The number of halogens is 3. The van der Waals surface area contributed by atoms with E-state index in [0.717, 1.165) is 14.0 Å². The predicted molar refractivity (Wildman–Crippen MR) is 104 cm³/mol.